The number of benzene rings is 2. The molecule has 10 heteroatoms. The van der Waals surface area contributed by atoms with Crippen molar-refractivity contribution in [2.75, 3.05) is 12.3 Å². The van der Waals surface area contributed by atoms with E-state index in [1.807, 2.05) is 0 Å². The summed E-state index contributed by atoms with van der Waals surface area (Å²) in [6.45, 7) is 0.121. The highest BCUT2D eigenvalue weighted by Gasteiger charge is 2.43. The molecule has 2 aromatic carbocycles. The number of aromatic nitrogens is 3. The van der Waals surface area contributed by atoms with Crippen LogP contribution in [0.1, 0.15) is 40.4 Å². The molecule has 1 saturated carbocycles. The van der Waals surface area contributed by atoms with Gasteiger partial charge in [0.15, 0.2) is 0 Å². The molecule has 1 aliphatic heterocycles. The van der Waals surface area contributed by atoms with Crippen LogP contribution in [-0.2, 0) is 6.18 Å². The van der Waals surface area contributed by atoms with Gasteiger partial charge in [0.05, 0.1) is 35.2 Å². The summed E-state index contributed by atoms with van der Waals surface area (Å²) in [6.07, 6.45) is 0.450. The van der Waals surface area contributed by atoms with Crippen molar-refractivity contribution >= 4 is 28.3 Å². The van der Waals surface area contributed by atoms with Crippen molar-refractivity contribution in [1.29, 1.82) is 0 Å². The second-order valence-corrected chi connectivity index (χ2v) is 8.37. The number of carbonyl (C=O) groups is 1. The summed E-state index contributed by atoms with van der Waals surface area (Å²) in [6, 6.07) is 8.21. The summed E-state index contributed by atoms with van der Waals surface area (Å²) >= 11 is 0. The number of hydrogen-bond donors (Lipinski definition) is 1. The van der Waals surface area contributed by atoms with Gasteiger partial charge in [-0.25, -0.2) is 9.97 Å². The third-order valence-corrected chi connectivity index (χ3v) is 6.23. The maximum Gasteiger partial charge on any atom is 0.416 e. The summed E-state index contributed by atoms with van der Waals surface area (Å²) in [5.74, 6) is 0.314. The summed E-state index contributed by atoms with van der Waals surface area (Å²) in [5, 5.41) is 0. The number of alkyl halides is 3. The maximum absolute atomic E-state index is 13.7. The molecule has 2 N–H and O–H groups in total. The van der Waals surface area contributed by atoms with E-state index in [1.165, 1.54) is 6.07 Å². The molecule has 2 aromatic heterocycles. The number of rotatable bonds is 3. The summed E-state index contributed by atoms with van der Waals surface area (Å²) in [4.78, 5) is 23.9. The zero-order chi connectivity index (χ0) is 22.9. The van der Waals surface area contributed by atoms with Crippen LogP contribution in [0, 0.1) is 0 Å². The molecule has 0 radical (unpaired) electrons. The van der Waals surface area contributed by atoms with Crippen molar-refractivity contribution in [1.82, 2.24) is 19.3 Å². The number of anilines is 1. The Balaban J connectivity index is 1.39. The third kappa shape index (κ3) is 3.16. The van der Waals surface area contributed by atoms with Gasteiger partial charge in [-0.1, -0.05) is 6.07 Å². The van der Waals surface area contributed by atoms with Crippen LogP contribution in [-0.4, -0.2) is 37.8 Å². The van der Waals surface area contributed by atoms with Gasteiger partial charge in [-0.15, -0.1) is 0 Å². The first kappa shape index (κ1) is 19.8. The van der Waals surface area contributed by atoms with Crippen molar-refractivity contribution in [3.8, 4) is 5.75 Å². The normalized spacial score (nSPS) is 17.8. The highest BCUT2D eigenvalue weighted by atomic mass is 19.4. The Morgan fingerprint density at radius 3 is 2.73 bits per heavy atom. The lowest BCUT2D eigenvalue weighted by Gasteiger charge is -2.28. The number of nitrogens with zero attached hydrogens (tertiary/aromatic N) is 4. The standard InChI is InChI=1S/C23H18F3N5O2/c24-23(25,26)13-2-5-15-19(10-33-20(15)8-13)31(14-3-4-14)22(32)12-1-6-16-17(7-12)30-11-28-9-18(30)21(27)29-16/h1-2,5-9,11,14,19H,3-4,10H2,(H2,27,29)/t19-/m0/s1. The van der Waals surface area contributed by atoms with Crippen molar-refractivity contribution < 1.29 is 22.7 Å². The van der Waals surface area contributed by atoms with E-state index in [4.69, 9.17) is 10.5 Å². The van der Waals surface area contributed by atoms with Gasteiger partial charge in [0.2, 0.25) is 0 Å². The zero-order valence-corrected chi connectivity index (χ0v) is 17.2. The highest BCUT2D eigenvalue weighted by Crippen LogP contribution is 2.44. The van der Waals surface area contributed by atoms with Gasteiger partial charge in [-0.3, -0.25) is 9.20 Å². The lowest BCUT2D eigenvalue weighted by atomic mass is 10.0. The molecular formula is C23H18F3N5O2. The number of fused-ring (bicyclic) bond motifs is 4. The summed E-state index contributed by atoms with van der Waals surface area (Å²) in [5.41, 5.74) is 8.24. The smallest absolute Gasteiger partial charge is 0.416 e. The van der Waals surface area contributed by atoms with Crippen LogP contribution in [0.25, 0.3) is 16.6 Å². The number of nitrogens with two attached hydrogens (primary N) is 1. The molecule has 168 valence electrons. The van der Waals surface area contributed by atoms with Crippen molar-refractivity contribution in [3.63, 3.8) is 0 Å². The van der Waals surface area contributed by atoms with Crippen LogP contribution in [0.4, 0.5) is 19.0 Å². The molecule has 0 unspecified atom stereocenters. The Bertz CT molecular complexity index is 1430. The van der Waals surface area contributed by atoms with E-state index in [9.17, 15) is 18.0 Å². The molecule has 3 heterocycles. The summed E-state index contributed by atoms with van der Waals surface area (Å²) in [7, 11) is 0. The number of hydrogen-bond acceptors (Lipinski definition) is 5. The van der Waals surface area contributed by atoms with Gasteiger partial charge in [0.25, 0.3) is 5.91 Å². The molecule has 1 atom stereocenters. The second kappa shape index (κ2) is 6.84. The number of imidazole rings is 1. The van der Waals surface area contributed by atoms with E-state index in [0.29, 0.717) is 33.5 Å². The fraction of sp³-hybridized carbons (Fsp3) is 0.261. The Hall–Kier alpha value is -3.82. The van der Waals surface area contributed by atoms with Crippen LogP contribution in [0.3, 0.4) is 0 Å². The van der Waals surface area contributed by atoms with Gasteiger partial charge in [-0.05, 0) is 43.2 Å². The lowest BCUT2D eigenvalue weighted by molar-refractivity contribution is -0.137. The van der Waals surface area contributed by atoms with E-state index >= 15 is 0 Å². The third-order valence-electron chi connectivity index (χ3n) is 6.23. The summed E-state index contributed by atoms with van der Waals surface area (Å²) < 4.78 is 46.7. The molecule has 33 heavy (non-hydrogen) atoms. The molecular weight excluding hydrogens is 435 g/mol. The van der Waals surface area contributed by atoms with Crippen molar-refractivity contribution in [3.05, 3.63) is 65.6 Å². The first-order valence-electron chi connectivity index (χ1n) is 10.5. The maximum atomic E-state index is 13.7. The second-order valence-electron chi connectivity index (χ2n) is 8.37. The Labute approximate surface area is 185 Å². The molecule has 0 spiro atoms. The number of carbonyl (C=O) groups excluding carboxylic acids is 1. The van der Waals surface area contributed by atoms with E-state index in [2.05, 4.69) is 9.97 Å². The lowest BCUT2D eigenvalue weighted by Crippen LogP contribution is -2.37. The fourth-order valence-electron chi connectivity index (χ4n) is 4.47. The Morgan fingerprint density at radius 2 is 1.97 bits per heavy atom. The Kier molecular flexibility index (Phi) is 4.11. The average Bonchev–Trinajstić information content (AvgIpc) is 3.32. The minimum atomic E-state index is -4.45. The fourth-order valence-corrected chi connectivity index (χ4v) is 4.47. The molecule has 2 aliphatic rings. The molecule has 7 nitrogen and oxygen atoms in total. The highest BCUT2D eigenvalue weighted by molar-refractivity contribution is 5.98. The van der Waals surface area contributed by atoms with Gasteiger partial charge >= 0.3 is 6.18 Å². The van der Waals surface area contributed by atoms with Crippen LogP contribution >= 0.6 is 0 Å². The zero-order valence-electron chi connectivity index (χ0n) is 17.2. The number of halogens is 3. The van der Waals surface area contributed by atoms with Gasteiger partial charge < -0.3 is 15.4 Å². The van der Waals surface area contributed by atoms with Gasteiger partial charge in [-0.2, -0.15) is 13.2 Å². The predicted octanol–water partition coefficient (Wildman–Crippen LogP) is 4.22. The minimum absolute atomic E-state index is 0.0212. The topological polar surface area (TPSA) is 85.8 Å². The van der Waals surface area contributed by atoms with E-state index in [0.717, 1.165) is 25.0 Å². The number of ether oxygens (including phenoxy) is 1. The molecule has 1 fully saturated rings. The number of nitrogen functional groups attached to an aromatic ring is 1. The average molecular weight is 453 g/mol. The minimum Gasteiger partial charge on any atom is -0.491 e. The van der Waals surface area contributed by atoms with E-state index in [-0.39, 0.29) is 24.3 Å². The largest absolute Gasteiger partial charge is 0.491 e. The molecule has 4 aromatic rings. The monoisotopic (exact) mass is 453 g/mol. The van der Waals surface area contributed by atoms with Crippen LogP contribution in [0.5, 0.6) is 5.75 Å². The molecule has 1 amide bonds. The molecule has 0 bridgehead atoms. The molecule has 0 saturated heterocycles. The SMILES string of the molecule is Nc1nc2ccc(C(=O)N(C3CC3)[C@H]3COc4cc(C(F)(F)F)ccc43)cc2n2cncc12. The van der Waals surface area contributed by atoms with E-state index < -0.39 is 17.8 Å². The van der Waals surface area contributed by atoms with Crippen LogP contribution in [0.2, 0.25) is 0 Å². The first-order valence-corrected chi connectivity index (χ1v) is 10.5. The quantitative estimate of drug-likeness (QED) is 0.502. The molecule has 6 rings (SSSR count). The van der Waals surface area contributed by atoms with Crippen molar-refractivity contribution in [2.45, 2.75) is 31.1 Å². The van der Waals surface area contributed by atoms with Crippen LogP contribution < -0.4 is 10.5 Å². The predicted molar refractivity (Wildman–Crippen MR) is 114 cm³/mol. The van der Waals surface area contributed by atoms with Gasteiger partial charge in [0.1, 0.15) is 23.7 Å². The van der Waals surface area contributed by atoms with E-state index in [1.54, 1.807) is 40.0 Å². The van der Waals surface area contributed by atoms with Gasteiger partial charge in [0, 0.05) is 17.2 Å². The van der Waals surface area contributed by atoms with Crippen LogP contribution in [0.15, 0.2) is 48.9 Å². The molecule has 1 aliphatic carbocycles. The Morgan fingerprint density at radius 1 is 1.15 bits per heavy atom. The number of amides is 1. The van der Waals surface area contributed by atoms with Crippen molar-refractivity contribution in [2.24, 2.45) is 0 Å². The first-order chi connectivity index (χ1) is 15.8.